The van der Waals surface area contributed by atoms with Crippen LogP contribution >= 0.6 is 0 Å². The fraction of sp³-hybridized carbons (Fsp3) is 0.600. The van der Waals surface area contributed by atoms with E-state index in [1.807, 2.05) is 0 Å². The fourth-order valence-electron chi connectivity index (χ4n) is 2.41. The molecule has 0 fully saturated rings. The van der Waals surface area contributed by atoms with Crippen molar-refractivity contribution in [3.63, 3.8) is 0 Å². The number of carbonyl (C=O) groups excluding carboxylic acids is 2. The highest BCUT2D eigenvalue weighted by atomic mass is 32.2. The molecule has 0 radical (unpaired) electrons. The second-order valence-electron chi connectivity index (χ2n) is 5.81. The number of aromatic nitrogens is 1. The molecule has 1 rings (SSSR count). The van der Waals surface area contributed by atoms with Crippen LogP contribution in [0.3, 0.4) is 0 Å². The van der Waals surface area contributed by atoms with Crippen LogP contribution in [0.15, 0.2) is 0 Å². The number of hydrogen-bond acceptors (Lipinski definition) is 5. The molecule has 0 saturated heterocycles. The van der Waals surface area contributed by atoms with Crippen LogP contribution in [0.1, 0.15) is 46.0 Å². The van der Waals surface area contributed by atoms with Gasteiger partial charge in [0.1, 0.15) is 5.69 Å². The van der Waals surface area contributed by atoms with Crippen molar-refractivity contribution in [3.8, 4) is 0 Å². The van der Waals surface area contributed by atoms with Gasteiger partial charge in [-0.2, -0.15) is 0 Å². The predicted octanol–water partition coefficient (Wildman–Crippen LogP) is 1.31. The summed E-state index contributed by atoms with van der Waals surface area (Å²) in [6.07, 6.45) is 1.14. The number of carbonyl (C=O) groups is 2. The number of aromatic amines is 1. The van der Waals surface area contributed by atoms with Crippen LogP contribution in [0.2, 0.25) is 0 Å². The molecule has 130 valence electrons. The summed E-state index contributed by atoms with van der Waals surface area (Å²) in [5.41, 5.74) is 1.62. The van der Waals surface area contributed by atoms with E-state index < -0.39 is 27.1 Å². The Morgan fingerprint density at radius 1 is 1.22 bits per heavy atom. The Bertz CT molecular complexity index is 720. The minimum atomic E-state index is -3.27. The van der Waals surface area contributed by atoms with Gasteiger partial charge in [-0.05, 0) is 33.3 Å². The van der Waals surface area contributed by atoms with Crippen LogP contribution in [0, 0.1) is 13.8 Å². The highest BCUT2D eigenvalue weighted by Gasteiger charge is 2.31. The van der Waals surface area contributed by atoms with Crippen LogP contribution in [0.25, 0.3) is 0 Å². The van der Waals surface area contributed by atoms with E-state index in [-0.39, 0.29) is 11.6 Å². The van der Waals surface area contributed by atoms with Crippen LogP contribution in [-0.4, -0.2) is 61.9 Å². The van der Waals surface area contributed by atoms with Crippen molar-refractivity contribution in [2.75, 3.05) is 20.4 Å². The third-order valence-electron chi connectivity index (χ3n) is 4.33. The second-order valence-corrected chi connectivity index (χ2v) is 8.21. The van der Waals surface area contributed by atoms with Gasteiger partial charge in [0.25, 0.3) is 5.91 Å². The van der Waals surface area contributed by atoms with Gasteiger partial charge in [0.15, 0.2) is 9.84 Å². The molecule has 0 spiro atoms. The first kappa shape index (κ1) is 19.2. The minimum Gasteiger partial charge on any atom is -0.465 e. The van der Waals surface area contributed by atoms with Crippen molar-refractivity contribution in [3.05, 3.63) is 22.5 Å². The third kappa shape index (κ3) is 3.74. The van der Waals surface area contributed by atoms with Gasteiger partial charge in [-0.25, -0.2) is 13.2 Å². The summed E-state index contributed by atoms with van der Waals surface area (Å²) in [4.78, 5) is 28.7. The minimum absolute atomic E-state index is 0.262. The summed E-state index contributed by atoms with van der Waals surface area (Å²) >= 11 is 0. The Morgan fingerprint density at radius 3 is 2.17 bits per heavy atom. The Balaban J connectivity index is 3.18. The van der Waals surface area contributed by atoms with Gasteiger partial charge in [-0.3, -0.25) is 4.79 Å². The van der Waals surface area contributed by atoms with Crippen molar-refractivity contribution in [1.82, 2.24) is 9.88 Å². The molecule has 7 nitrogen and oxygen atoms in total. The van der Waals surface area contributed by atoms with E-state index in [1.54, 1.807) is 34.7 Å². The SMILES string of the molecule is COC(=O)c1c(C)[nH]c(C(=O)N(C)[C@@H](C)[C@@H](C)S(C)(=O)=O)c1C. The summed E-state index contributed by atoms with van der Waals surface area (Å²) in [7, 11) is -0.452. The average molecular weight is 344 g/mol. The lowest BCUT2D eigenvalue weighted by Crippen LogP contribution is -2.44. The molecule has 2 atom stereocenters. The van der Waals surface area contributed by atoms with Crippen LogP contribution < -0.4 is 0 Å². The summed E-state index contributed by atoms with van der Waals surface area (Å²) in [5, 5.41) is -0.701. The molecule has 1 heterocycles. The topological polar surface area (TPSA) is 96.5 Å². The standard InChI is InChI=1S/C15H24N2O5S/c1-8-12(15(19)22-6)9(2)16-13(8)14(18)17(5)10(3)11(4)23(7,20)21/h10-11,16H,1-7H3/t10-,11+/m0/s1. The monoisotopic (exact) mass is 344 g/mol. The largest absolute Gasteiger partial charge is 0.465 e. The molecule has 0 aliphatic heterocycles. The van der Waals surface area contributed by atoms with Crippen molar-refractivity contribution < 1.29 is 22.7 Å². The maximum absolute atomic E-state index is 12.7. The number of methoxy groups -OCH3 is 1. The lowest BCUT2D eigenvalue weighted by atomic mass is 10.1. The number of ether oxygens (including phenoxy) is 1. The average Bonchev–Trinajstić information content (AvgIpc) is 2.77. The molecule has 0 bridgehead atoms. The summed E-state index contributed by atoms with van der Waals surface area (Å²) in [6, 6.07) is -0.512. The van der Waals surface area contributed by atoms with Gasteiger partial charge in [-0.15, -0.1) is 0 Å². The molecule has 1 aromatic heterocycles. The first-order valence-electron chi connectivity index (χ1n) is 7.16. The van der Waals surface area contributed by atoms with Gasteiger partial charge in [-0.1, -0.05) is 0 Å². The van der Waals surface area contributed by atoms with E-state index in [4.69, 9.17) is 4.74 Å². The Morgan fingerprint density at radius 2 is 1.74 bits per heavy atom. The highest BCUT2D eigenvalue weighted by molar-refractivity contribution is 7.91. The van der Waals surface area contributed by atoms with Crippen LogP contribution in [0.4, 0.5) is 0 Å². The van der Waals surface area contributed by atoms with Gasteiger partial charge in [0.05, 0.1) is 17.9 Å². The molecule has 0 saturated carbocycles. The molecule has 0 unspecified atom stereocenters. The fourth-order valence-corrected chi connectivity index (χ4v) is 3.30. The lowest BCUT2D eigenvalue weighted by Gasteiger charge is -2.28. The molecule has 0 aromatic carbocycles. The van der Waals surface area contributed by atoms with Gasteiger partial charge in [0, 0.05) is 25.0 Å². The van der Waals surface area contributed by atoms with E-state index >= 15 is 0 Å². The number of H-pyrrole nitrogens is 1. The molecule has 0 aliphatic carbocycles. The van der Waals surface area contributed by atoms with Gasteiger partial charge in [0.2, 0.25) is 0 Å². The van der Waals surface area contributed by atoms with E-state index in [0.717, 1.165) is 6.26 Å². The smallest absolute Gasteiger partial charge is 0.339 e. The molecule has 1 N–H and O–H groups in total. The number of amides is 1. The number of rotatable bonds is 5. The van der Waals surface area contributed by atoms with Crippen molar-refractivity contribution >= 4 is 21.7 Å². The van der Waals surface area contributed by atoms with Crippen molar-refractivity contribution in [2.24, 2.45) is 0 Å². The number of esters is 1. The van der Waals surface area contributed by atoms with Gasteiger partial charge < -0.3 is 14.6 Å². The lowest BCUT2D eigenvalue weighted by molar-refractivity contribution is 0.0599. The van der Waals surface area contributed by atoms with Crippen LogP contribution in [0.5, 0.6) is 0 Å². The Kier molecular flexibility index (Phi) is 5.63. The zero-order chi connectivity index (χ0) is 18.1. The first-order valence-corrected chi connectivity index (χ1v) is 9.12. The number of sulfone groups is 1. The second kappa shape index (κ2) is 6.74. The molecular weight excluding hydrogens is 320 g/mol. The maximum atomic E-state index is 12.7. The maximum Gasteiger partial charge on any atom is 0.339 e. The van der Waals surface area contributed by atoms with E-state index in [9.17, 15) is 18.0 Å². The van der Waals surface area contributed by atoms with Crippen molar-refractivity contribution in [2.45, 2.75) is 39.0 Å². The van der Waals surface area contributed by atoms with E-state index in [1.165, 1.54) is 12.0 Å². The molecule has 0 aliphatic rings. The first-order chi connectivity index (χ1) is 10.4. The quantitative estimate of drug-likeness (QED) is 0.813. The Hall–Kier alpha value is -1.83. The third-order valence-corrected chi connectivity index (χ3v) is 6.07. The number of nitrogens with one attached hydrogen (secondary N) is 1. The zero-order valence-corrected chi connectivity index (χ0v) is 15.4. The molecule has 8 heteroatoms. The molecular formula is C15H24N2O5S. The number of aryl methyl sites for hydroxylation is 1. The summed E-state index contributed by atoms with van der Waals surface area (Å²) in [6.45, 7) is 6.58. The Labute approximate surface area is 136 Å². The molecule has 1 amide bonds. The molecule has 1 aromatic rings. The number of nitrogens with zero attached hydrogens (tertiary/aromatic N) is 1. The summed E-state index contributed by atoms with van der Waals surface area (Å²) < 4.78 is 28.1. The highest BCUT2D eigenvalue weighted by Crippen LogP contribution is 2.21. The predicted molar refractivity (Wildman–Crippen MR) is 87.5 cm³/mol. The number of hydrogen-bond donors (Lipinski definition) is 1. The van der Waals surface area contributed by atoms with Crippen LogP contribution in [-0.2, 0) is 14.6 Å². The van der Waals surface area contributed by atoms with E-state index in [2.05, 4.69) is 4.98 Å². The molecule has 23 heavy (non-hydrogen) atoms. The van der Waals surface area contributed by atoms with Gasteiger partial charge >= 0.3 is 5.97 Å². The van der Waals surface area contributed by atoms with Crippen molar-refractivity contribution in [1.29, 1.82) is 0 Å². The summed E-state index contributed by atoms with van der Waals surface area (Å²) in [5.74, 6) is -0.890. The normalized spacial score (nSPS) is 14.2. The van der Waals surface area contributed by atoms with E-state index in [0.29, 0.717) is 16.8 Å². The zero-order valence-electron chi connectivity index (χ0n) is 14.6.